The van der Waals surface area contributed by atoms with Crippen molar-refractivity contribution in [1.82, 2.24) is 15.5 Å². The van der Waals surface area contributed by atoms with E-state index in [2.05, 4.69) is 34.6 Å². The molecule has 96 valence electrons. The summed E-state index contributed by atoms with van der Waals surface area (Å²) in [5.41, 5.74) is 0. The average Bonchev–Trinajstić information content (AvgIpc) is 2.84. The summed E-state index contributed by atoms with van der Waals surface area (Å²) in [6.45, 7) is 10.2. The molecule has 1 saturated heterocycles. The quantitative estimate of drug-likeness (QED) is 0.749. The lowest BCUT2D eigenvalue weighted by Crippen LogP contribution is -2.45. The first-order valence-corrected chi connectivity index (χ1v) is 7.41. The fraction of sp³-hybridized carbons (Fsp3) is 0.692. The van der Waals surface area contributed by atoms with E-state index in [0.29, 0.717) is 0 Å². The smallest absolute Gasteiger partial charge is 0.0300 e. The Balaban J connectivity index is 1.59. The molecule has 0 amide bonds. The van der Waals surface area contributed by atoms with Crippen LogP contribution in [0, 0.1) is 0 Å². The predicted octanol–water partition coefficient (Wildman–Crippen LogP) is 1.31. The topological polar surface area (TPSA) is 27.3 Å². The standard InChI is InChI=1S/C13H23N3S/c1-2-12-3-4-13(17-12)11-15-7-10-16-8-5-14-6-9-16/h3-4,14-15H,2,5-11H2,1H3. The molecule has 0 aromatic carbocycles. The molecule has 1 fully saturated rings. The number of aryl methyl sites for hydroxylation is 1. The molecule has 0 unspecified atom stereocenters. The van der Waals surface area contributed by atoms with Crippen molar-refractivity contribution in [3.63, 3.8) is 0 Å². The first-order chi connectivity index (χ1) is 8.38. The van der Waals surface area contributed by atoms with Crippen molar-refractivity contribution in [2.24, 2.45) is 0 Å². The van der Waals surface area contributed by atoms with Crippen LogP contribution >= 0.6 is 11.3 Å². The number of nitrogens with one attached hydrogen (secondary N) is 2. The van der Waals surface area contributed by atoms with Crippen molar-refractivity contribution in [1.29, 1.82) is 0 Å². The second-order valence-electron chi connectivity index (χ2n) is 4.49. The fourth-order valence-electron chi connectivity index (χ4n) is 2.09. The number of hydrogen-bond acceptors (Lipinski definition) is 4. The SMILES string of the molecule is CCc1ccc(CNCCN2CCNCC2)s1. The van der Waals surface area contributed by atoms with Crippen LogP contribution in [-0.4, -0.2) is 44.2 Å². The van der Waals surface area contributed by atoms with Crippen LogP contribution in [0.25, 0.3) is 0 Å². The van der Waals surface area contributed by atoms with Crippen LogP contribution in [-0.2, 0) is 13.0 Å². The maximum atomic E-state index is 3.53. The van der Waals surface area contributed by atoms with Gasteiger partial charge in [0.25, 0.3) is 0 Å². The van der Waals surface area contributed by atoms with Crippen LogP contribution in [0.4, 0.5) is 0 Å². The lowest BCUT2D eigenvalue weighted by molar-refractivity contribution is 0.241. The van der Waals surface area contributed by atoms with Gasteiger partial charge in [-0.15, -0.1) is 11.3 Å². The van der Waals surface area contributed by atoms with Crippen molar-refractivity contribution < 1.29 is 0 Å². The molecule has 1 aromatic rings. The fourth-order valence-corrected chi connectivity index (χ4v) is 3.02. The van der Waals surface area contributed by atoms with Gasteiger partial charge in [-0.2, -0.15) is 0 Å². The van der Waals surface area contributed by atoms with Crippen molar-refractivity contribution in [2.75, 3.05) is 39.3 Å². The molecule has 3 nitrogen and oxygen atoms in total. The Morgan fingerprint density at radius 2 is 2.06 bits per heavy atom. The Labute approximate surface area is 108 Å². The third-order valence-electron chi connectivity index (χ3n) is 3.18. The summed E-state index contributed by atoms with van der Waals surface area (Å²) in [7, 11) is 0. The zero-order valence-electron chi connectivity index (χ0n) is 10.7. The summed E-state index contributed by atoms with van der Waals surface area (Å²) in [5, 5.41) is 6.91. The Kier molecular flexibility index (Phi) is 5.45. The summed E-state index contributed by atoms with van der Waals surface area (Å²) in [6.07, 6.45) is 1.16. The third kappa shape index (κ3) is 4.39. The number of thiophene rings is 1. The molecule has 0 bridgehead atoms. The van der Waals surface area contributed by atoms with Crippen LogP contribution < -0.4 is 10.6 Å². The number of rotatable bonds is 6. The van der Waals surface area contributed by atoms with Gasteiger partial charge in [0, 0.05) is 55.6 Å². The van der Waals surface area contributed by atoms with Gasteiger partial charge in [0.1, 0.15) is 0 Å². The molecule has 2 rings (SSSR count). The molecule has 0 radical (unpaired) electrons. The molecule has 1 aromatic heterocycles. The summed E-state index contributed by atoms with van der Waals surface area (Å²) < 4.78 is 0. The van der Waals surface area contributed by atoms with Crippen molar-refractivity contribution in [3.8, 4) is 0 Å². The molecule has 1 aliphatic rings. The normalized spacial score (nSPS) is 17.5. The molecule has 0 spiro atoms. The Bertz CT molecular complexity index is 318. The summed E-state index contributed by atoms with van der Waals surface area (Å²) in [4.78, 5) is 5.47. The molecule has 2 heterocycles. The Morgan fingerprint density at radius 3 is 2.76 bits per heavy atom. The lowest BCUT2D eigenvalue weighted by atomic mass is 10.3. The molecule has 0 aliphatic carbocycles. The number of nitrogens with zero attached hydrogens (tertiary/aromatic N) is 1. The van der Waals surface area contributed by atoms with Gasteiger partial charge in [-0.1, -0.05) is 6.92 Å². The van der Waals surface area contributed by atoms with E-state index in [-0.39, 0.29) is 0 Å². The van der Waals surface area contributed by atoms with E-state index in [1.54, 1.807) is 0 Å². The van der Waals surface area contributed by atoms with Gasteiger partial charge in [-0.25, -0.2) is 0 Å². The highest BCUT2D eigenvalue weighted by atomic mass is 32.1. The van der Waals surface area contributed by atoms with Gasteiger partial charge in [-0.05, 0) is 18.6 Å². The van der Waals surface area contributed by atoms with Crippen molar-refractivity contribution in [3.05, 3.63) is 21.9 Å². The van der Waals surface area contributed by atoms with Crippen molar-refractivity contribution in [2.45, 2.75) is 19.9 Å². The van der Waals surface area contributed by atoms with E-state index >= 15 is 0 Å². The minimum absolute atomic E-state index is 1.02. The van der Waals surface area contributed by atoms with Crippen LogP contribution in [0.2, 0.25) is 0 Å². The van der Waals surface area contributed by atoms with Gasteiger partial charge in [0.2, 0.25) is 0 Å². The summed E-state index contributed by atoms with van der Waals surface area (Å²) >= 11 is 1.93. The van der Waals surface area contributed by atoms with Gasteiger partial charge < -0.3 is 10.6 Å². The minimum atomic E-state index is 1.02. The molecular formula is C13H23N3S. The predicted molar refractivity (Wildman–Crippen MR) is 74.7 cm³/mol. The molecule has 0 saturated carbocycles. The monoisotopic (exact) mass is 253 g/mol. The van der Waals surface area contributed by atoms with Gasteiger partial charge >= 0.3 is 0 Å². The molecule has 2 N–H and O–H groups in total. The zero-order valence-corrected chi connectivity index (χ0v) is 11.5. The van der Waals surface area contributed by atoms with Crippen LogP contribution in [0.3, 0.4) is 0 Å². The van der Waals surface area contributed by atoms with E-state index in [9.17, 15) is 0 Å². The maximum absolute atomic E-state index is 3.53. The molecule has 4 heteroatoms. The van der Waals surface area contributed by atoms with E-state index < -0.39 is 0 Å². The highest BCUT2D eigenvalue weighted by molar-refractivity contribution is 7.11. The molecule has 17 heavy (non-hydrogen) atoms. The minimum Gasteiger partial charge on any atom is -0.314 e. The van der Waals surface area contributed by atoms with Gasteiger partial charge in [0.15, 0.2) is 0 Å². The second kappa shape index (κ2) is 7.11. The lowest BCUT2D eigenvalue weighted by Gasteiger charge is -2.27. The van der Waals surface area contributed by atoms with Gasteiger partial charge in [0.05, 0.1) is 0 Å². The van der Waals surface area contributed by atoms with E-state index in [4.69, 9.17) is 0 Å². The van der Waals surface area contributed by atoms with Crippen LogP contribution in [0.15, 0.2) is 12.1 Å². The van der Waals surface area contributed by atoms with E-state index in [1.807, 2.05) is 11.3 Å². The number of piperazine rings is 1. The van der Waals surface area contributed by atoms with E-state index in [1.165, 1.54) is 29.4 Å². The Hall–Kier alpha value is -0.420. The summed E-state index contributed by atoms with van der Waals surface area (Å²) in [6, 6.07) is 4.50. The van der Waals surface area contributed by atoms with E-state index in [0.717, 1.165) is 32.6 Å². The zero-order chi connectivity index (χ0) is 11.9. The van der Waals surface area contributed by atoms with Crippen LogP contribution in [0.5, 0.6) is 0 Å². The van der Waals surface area contributed by atoms with Crippen molar-refractivity contribution >= 4 is 11.3 Å². The molecule has 1 aliphatic heterocycles. The highest BCUT2D eigenvalue weighted by Gasteiger charge is 2.08. The van der Waals surface area contributed by atoms with Gasteiger partial charge in [-0.3, -0.25) is 4.90 Å². The van der Waals surface area contributed by atoms with Crippen LogP contribution in [0.1, 0.15) is 16.7 Å². The average molecular weight is 253 g/mol. The first kappa shape index (κ1) is 13.0. The highest BCUT2D eigenvalue weighted by Crippen LogP contribution is 2.16. The first-order valence-electron chi connectivity index (χ1n) is 6.60. The molecular weight excluding hydrogens is 230 g/mol. The number of hydrogen-bond donors (Lipinski definition) is 2. The Morgan fingerprint density at radius 1 is 1.29 bits per heavy atom. The molecule has 0 atom stereocenters. The second-order valence-corrected chi connectivity index (χ2v) is 5.74. The maximum Gasteiger partial charge on any atom is 0.0300 e. The summed E-state index contributed by atoms with van der Waals surface area (Å²) in [5.74, 6) is 0. The third-order valence-corrected chi connectivity index (χ3v) is 4.41. The largest absolute Gasteiger partial charge is 0.314 e.